The number of thiocarbonyl (C=S) groups is 1. The van der Waals surface area contributed by atoms with Crippen LogP contribution in [0.2, 0.25) is 0 Å². The molecule has 1 aliphatic rings. The number of nitro benzene ring substituents is 1. The average molecular weight is 295 g/mol. The molecule has 0 saturated carbocycles. The predicted octanol–water partition coefficient (Wildman–Crippen LogP) is 2.06. The van der Waals surface area contributed by atoms with Gasteiger partial charge in [-0.3, -0.25) is 15.0 Å². The number of carbonyl (C=O) groups excluding carboxylic acids is 1. The van der Waals surface area contributed by atoms with E-state index in [-0.39, 0.29) is 22.1 Å². The molecule has 106 valence electrons. The van der Waals surface area contributed by atoms with Gasteiger partial charge < -0.3 is 10.1 Å². The monoisotopic (exact) mass is 295 g/mol. The zero-order chi connectivity index (χ0) is 14.9. The molecule has 1 N–H and O–H groups in total. The van der Waals surface area contributed by atoms with Crippen molar-refractivity contribution in [1.82, 2.24) is 10.2 Å². The summed E-state index contributed by atoms with van der Waals surface area (Å²) in [7, 11) is 0. The fourth-order valence-electron chi connectivity index (χ4n) is 1.85. The van der Waals surface area contributed by atoms with Crippen molar-refractivity contribution >= 4 is 29.1 Å². The second-order valence-electron chi connectivity index (χ2n) is 4.99. The summed E-state index contributed by atoms with van der Waals surface area (Å²) in [4.78, 5) is 23.5. The number of ether oxygens (including phenoxy) is 1. The molecule has 0 aromatic heterocycles. The number of nitrogens with one attached hydrogen (secondary N) is 1. The summed E-state index contributed by atoms with van der Waals surface area (Å²) in [6, 6.07) is 5.70. The van der Waals surface area contributed by atoms with Crippen LogP contribution >= 0.6 is 12.2 Å². The SMILES string of the molecule is CC1(C)CN(C(=O)Oc2ccccc2[N+](=O)[O-])C(=S)N1. The largest absolute Gasteiger partial charge is 0.421 e. The third-order valence-corrected chi connectivity index (χ3v) is 3.05. The minimum atomic E-state index is -0.734. The lowest BCUT2D eigenvalue weighted by Gasteiger charge is -2.16. The van der Waals surface area contributed by atoms with Gasteiger partial charge in [0, 0.05) is 6.07 Å². The topological polar surface area (TPSA) is 84.7 Å². The van der Waals surface area contributed by atoms with E-state index in [2.05, 4.69) is 5.32 Å². The Morgan fingerprint density at radius 3 is 2.70 bits per heavy atom. The number of benzene rings is 1. The van der Waals surface area contributed by atoms with E-state index < -0.39 is 11.0 Å². The highest BCUT2D eigenvalue weighted by atomic mass is 32.1. The van der Waals surface area contributed by atoms with Gasteiger partial charge in [-0.05, 0) is 32.1 Å². The summed E-state index contributed by atoms with van der Waals surface area (Å²) in [5, 5.41) is 14.1. The third kappa shape index (κ3) is 2.85. The van der Waals surface area contributed by atoms with Crippen molar-refractivity contribution in [2.75, 3.05) is 6.54 Å². The van der Waals surface area contributed by atoms with Crippen LogP contribution in [0.1, 0.15) is 13.8 Å². The second kappa shape index (κ2) is 5.04. The van der Waals surface area contributed by atoms with Crippen molar-refractivity contribution in [3.05, 3.63) is 34.4 Å². The van der Waals surface area contributed by atoms with Crippen molar-refractivity contribution < 1.29 is 14.5 Å². The van der Waals surface area contributed by atoms with Gasteiger partial charge in [-0.25, -0.2) is 4.79 Å². The summed E-state index contributed by atoms with van der Waals surface area (Å²) >= 11 is 5.05. The first-order valence-electron chi connectivity index (χ1n) is 5.85. The molecule has 2 rings (SSSR count). The zero-order valence-corrected chi connectivity index (χ0v) is 11.8. The van der Waals surface area contributed by atoms with Gasteiger partial charge >= 0.3 is 11.8 Å². The summed E-state index contributed by atoms with van der Waals surface area (Å²) in [6.07, 6.45) is -0.734. The normalized spacial score (nSPS) is 16.7. The molecular formula is C12H13N3O4S. The van der Waals surface area contributed by atoms with Crippen LogP contribution in [0.4, 0.5) is 10.5 Å². The molecular weight excluding hydrogens is 282 g/mol. The predicted molar refractivity (Wildman–Crippen MR) is 75.6 cm³/mol. The Hall–Kier alpha value is -2.22. The lowest BCUT2D eigenvalue weighted by molar-refractivity contribution is -0.385. The Balaban J connectivity index is 2.17. The minimum absolute atomic E-state index is 0.102. The Morgan fingerprint density at radius 1 is 1.50 bits per heavy atom. The van der Waals surface area contributed by atoms with Crippen LogP contribution in [0.25, 0.3) is 0 Å². The Kier molecular flexibility index (Phi) is 3.58. The van der Waals surface area contributed by atoms with Crippen LogP contribution in [-0.2, 0) is 0 Å². The van der Waals surface area contributed by atoms with Crippen molar-refractivity contribution in [2.24, 2.45) is 0 Å². The number of hydrogen-bond donors (Lipinski definition) is 1. The van der Waals surface area contributed by atoms with Gasteiger partial charge in [-0.1, -0.05) is 12.1 Å². The molecule has 1 aliphatic heterocycles. The van der Waals surface area contributed by atoms with Crippen LogP contribution in [0.5, 0.6) is 5.75 Å². The van der Waals surface area contributed by atoms with E-state index in [1.807, 2.05) is 13.8 Å². The first-order valence-corrected chi connectivity index (χ1v) is 6.26. The molecule has 7 nitrogen and oxygen atoms in total. The van der Waals surface area contributed by atoms with E-state index >= 15 is 0 Å². The molecule has 1 aromatic rings. The van der Waals surface area contributed by atoms with Gasteiger partial charge in [0.25, 0.3) is 0 Å². The number of rotatable bonds is 2. The quantitative estimate of drug-likeness (QED) is 0.511. The maximum Gasteiger partial charge on any atom is 0.421 e. The van der Waals surface area contributed by atoms with Crippen LogP contribution in [0.15, 0.2) is 24.3 Å². The first kappa shape index (κ1) is 14.2. The molecule has 0 unspecified atom stereocenters. The highest BCUT2D eigenvalue weighted by Crippen LogP contribution is 2.27. The van der Waals surface area contributed by atoms with E-state index in [0.717, 1.165) is 0 Å². The van der Waals surface area contributed by atoms with E-state index in [4.69, 9.17) is 17.0 Å². The lowest BCUT2D eigenvalue weighted by atomic mass is 10.1. The summed E-state index contributed by atoms with van der Waals surface area (Å²) in [5.41, 5.74) is -0.614. The standard InChI is InChI=1S/C12H13N3O4S/c1-12(2)7-14(10(20)13-12)11(16)19-9-6-4-3-5-8(9)15(17)18/h3-6H,7H2,1-2H3,(H,13,20). The van der Waals surface area contributed by atoms with E-state index in [0.29, 0.717) is 6.54 Å². The number of nitro groups is 1. The van der Waals surface area contributed by atoms with Crippen molar-refractivity contribution in [2.45, 2.75) is 19.4 Å². The van der Waals surface area contributed by atoms with Crippen molar-refractivity contribution in [3.63, 3.8) is 0 Å². The Morgan fingerprint density at radius 2 is 2.15 bits per heavy atom. The van der Waals surface area contributed by atoms with E-state index in [1.165, 1.54) is 23.1 Å². The molecule has 8 heteroatoms. The van der Waals surface area contributed by atoms with Crippen LogP contribution in [0.3, 0.4) is 0 Å². The van der Waals surface area contributed by atoms with Gasteiger partial charge in [-0.2, -0.15) is 0 Å². The number of hydrogen-bond acceptors (Lipinski definition) is 5. The van der Waals surface area contributed by atoms with E-state index in [9.17, 15) is 14.9 Å². The molecule has 0 spiro atoms. The van der Waals surface area contributed by atoms with Crippen molar-refractivity contribution in [3.8, 4) is 5.75 Å². The van der Waals surface area contributed by atoms with Crippen molar-refractivity contribution in [1.29, 1.82) is 0 Å². The Bertz CT molecular complexity index is 588. The third-order valence-electron chi connectivity index (χ3n) is 2.72. The molecule has 0 radical (unpaired) electrons. The molecule has 0 atom stereocenters. The first-order chi connectivity index (χ1) is 9.30. The smallest absolute Gasteiger partial charge is 0.403 e. The fourth-order valence-corrected chi connectivity index (χ4v) is 2.27. The van der Waals surface area contributed by atoms with Gasteiger partial charge in [0.15, 0.2) is 5.11 Å². The van der Waals surface area contributed by atoms with E-state index in [1.54, 1.807) is 6.07 Å². The minimum Gasteiger partial charge on any atom is -0.403 e. The maximum atomic E-state index is 12.0. The highest BCUT2D eigenvalue weighted by Gasteiger charge is 2.37. The second-order valence-corrected chi connectivity index (χ2v) is 5.38. The van der Waals surface area contributed by atoms with Crippen LogP contribution in [-0.4, -0.2) is 33.1 Å². The fraction of sp³-hybridized carbons (Fsp3) is 0.333. The van der Waals surface area contributed by atoms with Crippen LogP contribution in [0, 0.1) is 10.1 Å². The molecule has 1 heterocycles. The molecule has 1 saturated heterocycles. The number of para-hydroxylation sites is 2. The average Bonchev–Trinajstić information content (AvgIpc) is 2.63. The molecule has 1 fully saturated rings. The number of carbonyl (C=O) groups is 1. The summed E-state index contributed by atoms with van der Waals surface area (Å²) in [5.74, 6) is -0.102. The molecule has 1 aromatic carbocycles. The maximum absolute atomic E-state index is 12.0. The van der Waals surface area contributed by atoms with Gasteiger partial charge in [0.05, 0.1) is 17.0 Å². The lowest BCUT2D eigenvalue weighted by Crippen LogP contribution is -2.36. The van der Waals surface area contributed by atoms with Crippen LogP contribution < -0.4 is 10.1 Å². The molecule has 20 heavy (non-hydrogen) atoms. The number of amides is 1. The highest BCUT2D eigenvalue weighted by molar-refractivity contribution is 7.80. The van der Waals surface area contributed by atoms with Gasteiger partial charge in [-0.15, -0.1) is 0 Å². The van der Waals surface area contributed by atoms with Gasteiger partial charge in [0.1, 0.15) is 0 Å². The summed E-state index contributed by atoms with van der Waals surface area (Å²) < 4.78 is 5.07. The molecule has 0 aliphatic carbocycles. The summed E-state index contributed by atoms with van der Waals surface area (Å²) in [6.45, 7) is 4.11. The zero-order valence-electron chi connectivity index (χ0n) is 11.0. The Labute approximate surface area is 120 Å². The molecule has 1 amide bonds. The number of nitrogens with zero attached hydrogens (tertiary/aromatic N) is 2. The van der Waals surface area contributed by atoms with Gasteiger partial charge in [0.2, 0.25) is 5.75 Å². The molecule has 0 bridgehead atoms.